The van der Waals surface area contributed by atoms with Crippen LogP contribution >= 0.6 is 28.3 Å². The lowest BCUT2D eigenvalue weighted by molar-refractivity contribution is -0.145. The topological polar surface area (TPSA) is 69.0 Å². The molecule has 0 aliphatic heterocycles. The zero-order chi connectivity index (χ0) is 20.0. The third-order valence-electron chi connectivity index (χ3n) is 4.58. The number of carbonyl (C=O) groups excluding carboxylic acids is 1. The normalized spacial score (nSPS) is 10.8. The Bertz CT molecular complexity index is 864. The maximum absolute atomic E-state index is 12.5. The van der Waals surface area contributed by atoms with Crippen molar-refractivity contribution in [1.82, 2.24) is 4.90 Å². The maximum Gasteiger partial charge on any atom is 0.344 e. The summed E-state index contributed by atoms with van der Waals surface area (Å²) in [5.74, 6) is -0.0251. The molecule has 2 rings (SSSR count). The number of esters is 1. The van der Waals surface area contributed by atoms with Crippen molar-refractivity contribution in [3.05, 3.63) is 38.2 Å². The Balaban J connectivity index is 0.00000392. The Morgan fingerprint density at radius 2 is 1.89 bits per heavy atom. The van der Waals surface area contributed by atoms with Gasteiger partial charge in [0, 0.05) is 17.5 Å². The van der Waals surface area contributed by atoms with Gasteiger partial charge in [-0.1, -0.05) is 13.8 Å². The molecule has 1 aromatic heterocycles. The Morgan fingerprint density at radius 1 is 1.21 bits per heavy atom. The van der Waals surface area contributed by atoms with E-state index in [0.29, 0.717) is 34.4 Å². The molecule has 0 saturated heterocycles. The lowest BCUT2D eigenvalue weighted by Gasteiger charge is -2.18. The molecule has 0 fully saturated rings. The summed E-state index contributed by atoms with van der Waals surface area (Å²) in [5, 5.41) is 0.847. The summed E-state index contributed by atoms with van der Waals surface area (Å²) in [4.78, 5) is 26.3. The molecule has 0 N–H and O–H groups in total. The van der Waals surface area contributed by atoms with Gasteiger partial charge >= 0.3 is 11.6 Å². The lowest BCUT2D eigenvalue weighted by atomic mass is 10.0. The number of halogens is 2. The first-order valence-corrected chi connectivity index (χ1v) is 9.97. The molecule has 0 amide bonds. The standard InChI is InChI=1S/C20H26BrNO5.ClH/c1-5-22(6-2)11-10-15-13(4)14-8-9-16(26-12-17(23)25-7-3)18(21)19(14)27-20(15)24;/h8-9H,5-7,10-12H2,1-4H3;1H. The zero-order valence-electron chi connectivity index (χ0n) is 16.7. The molecular weight excluding hydrogens is 450 g/mol. The van der Waals surface area contributed by atoms with Gasteiger partial charge in [-0.2, -0.15) is 0 Å². The van der Waals surface area contributed by atoms with Gasteiger partial charge < -0.3 is 18.8 Å². The average Bonchev–Trinajstić information content (AvgIpc) is 2.65. The monoisotopic (exact) mass is 475 g/mol. The van der Waals surface area contributed by atoms with Crippen LogP contribution in [0.15, 0.2) is 25.8 Å². The van der Waals surface area contributed by atoms with Gasteiger partial charge in [0.15, 0.2) is 12.2 Å². The Labute approximate surface area is 179 Å². The number of carbonyl (C=O) groups is 1. The maximum atomic E-state index is 12.5. The van der Waals surface area contributed by atoms with Crippen LogP contribution in [0, 0.1) is 6.92 Å². The molecule has 0 atom stereocenters. The van der Waals surface area contributed by atoms with Crippen molar-refractivity contribution >= 4 is 45.3 Å². The first kappa shape index (κ1) is 24.5. The van der Waals surface area contributed by atoms with E-state index in [1.54, 1.807) is 13.0 Å². The van der Waals surface area contributed by atoms with Crippen molar-refractivity contribution in [2.45, 2.75) is 34.1 Å². The van der Waals surface area contributed by atoms with Gasteiger partial charge in [0.25, 0.3) is 0 Å². The summed E-state index contributed by atoms with van der Waals surface area (Å²) >= 11 is 3.43. The number of hydrogen-bond donors (Lipinski definition) is 0. The Hall–Kier alpha value is -1.57. The summed E-state index contributed by atoms with van der Waals surface area (Å²) in [5.41, 5.74) is 1.69. The van der Waals surface area contributed by atoms with Gasteiger partial charge in [0.1, 0.15) is 10.2 Å². The molecule has 0 aliphatic carbocycles. The summed E-state index contributed by atoms with van der Waals surface area (Å²) in [6.07, 6.45) is 0.643. The van der Waals surface area contributed by atoms with Gasteiger partial charge in [0.05, 0.1) is 6.61 Å². The molecule has 1 aromatic carbocycles. The van der Waals surface area contributed by atoms with Gasteiger partial charge in [-0.3, -0.25) is 0 Å². The van der Waals surface area contributed by atoms with E-state index in [-0.39, 0.29) is 24.6 Å². The molecule has 8 heteroatoms. The Kier molecular flexibility index (Phi) is 9.99. The second-order valence-corrected chi connectivity index (χ2v) is 6.91. The lowest BCUT2D eigenvalue weighted by Crippen LogP contribution is -2.27. The third-order valence-corrected chi connectivity index (χ3v) is 5.33. The second kappa shape index (κ2) is 11.4. The number of hydrogen-bond acceptors (Lipinski definition) is 6. The van der Waals surface area contributed by atoms with Crippen molar-refractivity contribution < 1.29 is 18.7 Å². The minimum absolute atomic E-state index is 0. The zero-order valence-corrected chi connectivity index (χ0v) is 19.1. The van der Waals surface area contributed by atoms with E-state index in [4.69, 9.17) is 13.9 Å². The molecule has 0 unspecified atom stereocenters. The van der Waals surface area contributed by atoms with Crippen LogP contribution in [-0.4, -0.2) is 43.7 Å². The average molecular weight is 477 g/mol. The van der Waals surface area contributed by atoms with Crippen LogP contribution in [0.4, 0.5) is 0 Å². The molecule has 0 spiro atoms. The van der Waals surface area contributed by atoms with Crippen LogP contribution in [0.2, 0.25) is 0 Å². The van der Waals surface area contributed by atoms with E-state index in [2.05, 4.69) is 34.7 Å². The molecule has 2 aromatic rings. The van der Waals surface area contributed by atoms with E-state index >= 15 is 0 Å². The smallest absolute Gasteiger partial charge is 0.344 e. The molecule has 156 valence electrons. The van der Waals surface area contributed by atoms with Gasteiger partial charge in [0.2, 0.25) is 0 Å². The number of fused-ring (bicyclic) bond motifs is 1. The van der Waals surface area contributed by atoms with Gasteiger partial charge in [-0.15, -0.1) is 12.4 Å². The van der Waals surface area contributed by atoms with Crippen LogP contribution in [0.1, 0.15) is 31.9 Å². The number of nitrogens with zero attached hydrogens (tertiary/aromatic N) is 1. The molecule has 0 saturated carbocycles. The molecule has 0 radical (unpaired) electrons. The molecule has 6 nitrogen and oxygen atoms in total. The van der Waals surface area contributed by atoms with Crippen LogP contribution in [0.5, 0.6) is 5.75 Å². The summed E-state index contributed by atoms with van der Waals surface area (Å²) < 4.78 is 16.4. The van der Waals surface area contributed by atoms with E-state index < -0.39 is 5.97 Å². The van der Waals surface area contributed by atoms with Crippen LogP contribution in [0.25, 0.3) is 11.0 Å². The largest absolute Gasteiger partial charge is 0.481 e. The predicted molar refractivity (Wildman–Crippen MR) is 116 cm³/mol. The highest BCUT2D eigenvalue weighted by atomic mass is 79.9. The van der Waals surface area contributed by atoms with E-state index in [9.17, 15) is 9.59 Å². The van der Waals surface area contributed by atoms with E-state index in [0.717, 1.165) is 30.6 Å². The number of aryl methyl sites for hydroxylation is 1. The first-order valence-electron chi connectivity index (χ1n) is 9.18. The van der Waals surface area contributed by atoms with Crippen molar-refractivity contribution in [3.8, 4) is 5.75 Å². The number of likely N-dealkylation sites (N-methyl/N-ethyl adjacent to an activating group) is 1. The van der Waals surface area contributed by atoms with Gasteiger partial charge in [-0.05, 0) is 67.0 Å². The second-order valence-electron chi connectivity index (χ2n) is 6.12. The SMILES string of the molecule is CCOC(=O)COc1ccc2c(C)c(CCN(CC)CC)c(=O)oc2c1Br.Cl. The molecule has 0 bridgehead atoms. The highest BCUT2D eigenvalue weighted by Gasteiger charge is 2.17. The summed E-state index contributed by atoms with van der Waals surface area (Å²) in [7, 11) is 0. The number of rotatable bonds is 9. The van der Waals surface area contributed by atoms with Crippen molar-refractivity contribution in [1.29, 1.82) is 0 Å². The Morgan fingerprint density at radius 3 is 2.50 bits per heavy atom. The predicted octanol–water partition coefficient (Wildman–Crippen LogP) is 4.11. The van der Waals surface area contributed by atoms with Crippen molar-refractivity contribution in [2.24, 2.45) is 0 Å². The fourth-order valence-electron chi connectivity index (χ4n) is 2.95. The highest BCUT2D eigenvalue weighted by molar-refractivity contribution is 9.10. The number of benzene rings is 1. The fraction of sp³-hybridized carbons (Fsp3) is 0.500. The molecule has 0 aliphatic rings. The minimum atomic E-state index is -0.450. The summed E-state index contributed by atoms with van der Waals surface area (Å²) in [6.45, 7) is 10.7. The molecule has 1 heterocycles. The fourth-order valence-corrected chi connectivity index (χ4v) is 3.49. The first-order chi connectivity index (χ1) is 12.9. The number of ether oxygens (including phenoxy) is 2. The molecular formula is C20H27BrClNO5. The van der Waals surface area contributed by atoms with Crippen LogP contribution < -0.4 is 10.4 Å². The highest BCUT2D eigenvalue weighted by Crippen LogP contribution is 2.34. The van der Waals surface area contributed by atoms with Crippen LogP contribution in [-0.2, 0) is 16.0 Å². The van der Waals surface area contributed by atoms with Gasteiger partial charge in [-0.25, -0.2) is 9.59 Å². The third kappa shape index (κ3) is 5.72. The van der Waals surface area contributed by atoms with E-state index in [1.165, 1.54) is 0 Å². The quantitative estimate of drug-likeness (QED) is 0.401. The molecule has 28 heavy (non-hydrogen) atoms. The van der Waals surface area contributed by atoms with E-state index in [1.807, 2.05) is 13.0 Å². The minimum Gasteiger partial charge on any atom is -0.481 e. The summed E-state index contributed by atoms with van der Waals surface area (Å²) in [6, 6.07) is 3.60. The van der Waals surface area contributed by atoms with Crippen molar-refractivity contribution in [3.63, 3.8) is 0 Å². The van der Waals surface area contributed by atoms with Crippen LogP contribution in [0.3, 0.4) is 0 Å². The van der Waals surface area contributed by atoms with Crippen molar-refractivity contribution in [2.75, 3.05) is 32.8 Å².